The number of rotatable bonds is 7. The van der Waals surface area contributed by atoms with E-state index in [1.165, 1.54) is 7.05 Å². The van der Waals surface area contributed by atoms with E-state index >= 15 is 0 Å². The first-order chi connectivity index (χ1) is 12.9. The fraction of sp³-hybridized carbons (Fsp3) is 0.833. The molecule has 4 atom stereocenters. The number of primary amides is 1. The van der Waals surface area contributed by atoms with Gasteiger partial charge in [-0.2, -0.15) is 30.8 Å². The van der Waals surface area contributed by atoms with Crippen LogP contribution in [0.2, 0.25) is 0 Å². The average Bonchev–Trinajstić information content (AvgIpc) is 3.13. The van der Waals surface area contributed by atoms with E-state index < -0.39 is 55.5 Å². The van der Waals surface area contributed by atoms with E-state index in [4.69, 9.17) is 10.6 Å². The summed E-state index contributed by atoms with van der Waals surface area (Å²) in [6.45, 7) is -0.142. The molecule has 0 aliphatic carbocycles. The number of fused-ring (bicyclic) bond motifs is 2. The first kappa shape index (κ1) is 21.3. The fourth-order valence-electron chi connectivity index (χ4n) is 3.81. The second-order valence-electron chi connectivity index (χ2n) is 6.77. The van der Waals surface area contributed by atoms with Crippen molar-refractivity contribution in [2.75, 3.05) is 26.7 Å². The second kappa shape index (κ2) is 7.13. The number of nitrogens with one attached hydrogen (secondary N) is 1. The van der Waals surface area contributed by atoms with Crippen molar-refractivity contribution in [3.8, 4) is 0 Å². The smallest absolute Gasteiger partial charge is 0.368 e. The standard InChI is InChI=1S/C12H21N5O9S2/c1-14-27(20,21)15-5-4-9(7-15)25-17(26-28(22,23)24)8-2-3-10(11(13)18)16(6-8)12(17)19/h8-10,14H,2-7H2,1H3,(H2-,13,18,22,23,24)/p+1/t8?,9?,10-,17?/m0/s1. The molecule has 3 rings (SSSR count). The Hall–Kier alpha value is -1.40. The number of hydrogen-bond donors (Lipinski definition) is 3. The summed E-state index contributed by atoms with van der Waals surface area (Å²) in [4.78, 5) is 29.7. The highest BCUT2D eigenvalue weighted by atomic mass is 32.3. The van der Waals surface area contributed by atoms with Gasteiger partial charge in [-0.15, -0.1) is 0 Å². The van der Waals surface area contributed by atoms with E-state index in [1.807, 2.05) is 0 Å². The molecule has 0 aromatic carbocycles. The Kier molecular flexibility index (Phi) is 5.43. The van der Waals surface area contributed by atoms with Crippen LogP contribution in [0.1, 0.15) is 19.3 Å². The number of carbonyl (C=O) groups excluding carboxylic acids is 2. The van der Waals surface area contributed by atoms with Gasteiger partial charge in [-0.05, 0) is 12.8 Å². The van der Waals surface area contributed by atoms with Gasteiger partial charge in [0.1, 0.15) is 12.1 Å². The monoisotopic (exact) mass is 444 g/mol. The minimum Gasteiger partial charge on any atom is -0.368 e. The van der Waals surface area contributed by atoms with Crippen molar-refractivity contribution in [1.29, 1.82) is 0 Å². The van der Waals surface area contributed by atoms with Gasteiger partial charge < -0.3 is 5.73 Å². The molecular weight excluding hydrogens is 422 g/mol. The summed E-state index contributed by atoms with van der Waals surface area (Å²) in [5.41, 5.74) is 5.31. The predicted molar refractivity (Wildman–Crippen MR) is 90.0 cm³/mol. The highest BCUT2D eigenvalue weighted by Gasteiger charge is 2.67. The number of hydroxylamine groups is 4. The van der Waals surface area contributed by atoms with Crippen LogP contribution in [0, 0.1) is 0 Å². The van der Waals surface area contributed by atoms with Crippen molar-refractivity contribution in [2.45, 2.75) is 37.5 Å². The molecule has 16 heteroatoms. The molecule has 2 bridgehead atoms. The quantitative estimate of drug-likeness (QED) is 0.281. The van der Waals surface area contributed by atoms with Gasteiger partial charge in [-0.25, -0.2) is 4.72 Å². The van der Waals surface area contributed by atoms with Gasteiger partial charge in [-0.3, -0.25) is 14.2 Å². The summed E-state index contributed by atoms with van der Waals surface area (Å²) in [6.07, 6.45) is -0.387. The SMILES string of the molecule is CNS(=O)(=O)N1CCC(O[N+]2(OS(=O)(=O)O)C(=O)N3CC2CC[C@H]3C(N)=O)C1. The highest BCUT2D eigenvalue weighted by molar-refractivity contribution is 7.87. The van der Waals surface area contributed by atoms with Crippen LogP contribution in [-0.2, 0) is 34.5 Å². The lowest BCUT2D eigenvalue weighted by molar-refractivity contribution is -1.18. The topological polar surface area (TPSA) is 186 Å². The normalized spacial score (nSPS) is 34.1. The average molecular weight is 444 g/mol. The number of amides is 3. The van der Waals surface area contributed by atoms with E-state index in [2.05, 4.69) is 9.01 Å². The molecule has 3 saturated heterocycles. The summed E-state index contributed by atoms with van der Waals surface area (Å²) in [6, 6.07) is -2.80. The first-order valence-corrected chi connectivity index (χ1v) is 11.2. The number of urea groups is 1. The third-order valence-electron chi connectivity index (χ3n) is 5.09. The molecule has 160 valence electrons. The van der Waals surface area contributed by atoms with Gasteiger partial charge in [0.25, 0.3) is 10.2 Å². The van der Waals surface area contributed by atoms with Crippen LogP contribution in [0.5, 0.6) is 0 Å². The number of quaternary nitrogens is 1. The van der Waals surface area contributed by atoms with Crippen molar-refractivity contribution in [2.24, 2.45) is 5.73 Å². The van der Waals surface area contributed by atoms with Crippen molar-refractivity contribution < 1.29 is 44.9 Å². The van der Waals surface area contributed by atoms with E-state index in [-0.39, 0.29) is 38.9 Å². The van der Waals surface area contributed by atoms with Crippen LogP contribution in [0.4, 0.5) is 4.79 Å². The number of carbonyl (C=O) groups is 2. The van der Waals surface area contributed by atoms with Crippen LogP contribution in [0.15, 0.2) is 0 Å². The Bertz CT molecular complexity index is 878. The van der Waals surface area contributed by atoms with Gasteiger partial charge in [0.2, 0.25) is 5.91 Å². The fourth-order valence-corrected chi connectivity index (χ4v) is 5.27. The lowest BCUT2D eigenvalue weighted by Gasteiger charge is -2.29. The Morgan fingerprint density at radius 1 is 1.25 bits per heavy atom. The van der Waals surface area contributed by atoms with Gasteiger partial charge in [0.15, 0.2) is 6.04 Å². The van der Waals surface area contributed by atoms with Gasteiger partial charge in [0.05, 0.1) is 11.4 Å². The molecule has 3 heterocycles. The van der Waals surface area contributed by atoms with E-state index in [0.29, 0.717) is 0 Å². The van der Waals surface area contributed by atoms with E-state index in [9.17, 15) is 31.0 Å². The predicted octanol–water partition coefficient (Wildman–Crippen LogP) is -2.54. The first-order valence-electron chi connectivity index (χ1n) is 8.44. The van der Waals surface area contributed by atoms with Crippen LogP contribution in [-0.4, -0.2) is 92.2 Å². The zero-order chi connectivity index (χ0) is 20.9. The van der Waals surface area contributed by atoms with Crippen molar-refractivity contribution >= 4 is 32.5 Å². The molecule has 4 N–H and O–H groups in total. The third-order valence-corrected chi connectivity index (χ3v) is 7.03. The Morgan fingerprint density at radius 2 is 1.93 bits per heavy atom. The molecular formula is C12H22N5O9S2+. The van der Waals surface area contributed by atoms with Crippen LogP contribution >= 0.6 is 0 Å². The number of piperidine rings is 1. The van der Waals surface area contributed by atoms with E-state index in [0.717, 1.165) is 9.21 Å². The maximum Gasteiger partial charge on any atom is 0.488 e. The molecule has 3 aliphatic rings. The Labute approximate surface area is 161 Å². The van der Waals surface area contributed by atoms with Crippen molar-refractivity contribution in [3.05, 3.63) is 0 Å². The summed E-state index contributed by atoms with van der Waals surface area (Å²) >= 11 is 0. The van der Waals surface area contributed by atoms with Crippen LogP contribution in [0.25, 0.3) is 0 Å². The minimum atomic E-state index is -5.12. The molecule has 14 nitrogen and oxygen atoms in total. The second-order valence-corrected chi connectivity index (χ2v) is 9.65. The van der Waals surface area contributed by atoms with Gasteiger partial charge in [0, 0.05) is 30.8 Å². The lowest BCUT2D eigenvalue weighted by atomic mass is 10.0. The molecule has 0 aromatic heterocycles. The van der Waals surface area contributed by atoms with E-state index in [1.54, 1.807) is 0 Å². The van der Waals surface area contributed by atoms with Crippen LogP contribution < -0.4 is 10.5 Å². The molecule has 0 saturated carbocycles. The maximum atomic E-state index is 12.9. The molecule has 0 spiro atoms. The van der Waals surface area contributed by atoms with Crippen molar-refractivity contribution in [1.82, 2.24) is 13.9 Å². The Balaban J connectivity index is 1.89. The molecule has 28 heavy (non-hydrogen) atoms. The summed E-state index contributed by atoms with van der Waals surface area (Å²) < 4.78 is 63.8. The molecule has 0 radical (unpaired) electrons. The number of hydrogen-bond acceptors (Lipinski definition) is 8. The van der Waals surface area contributed by atoms with Crippen molar-refractivity contribution in [3.63, 3.8) is 0 Å². The summed E-state index contributed by atoms with van der Waals surface area (Å²) in [5.74, 6) is -0.759. The highest BCUT2D eigenvalue weighted by Crippen LogP contribution is 2.39. The molecule has 0 aromatic rings. The largest absolute Gasteiger partial charge is 0.488 e. The maximum absolute atomic E-state index is 12.9. The molecule has 3 aliphatic heterocycles. The van der Waals surface area contributed by atoms with Crippen LogP contribution in [0.3, 0.4) is 0 Å². The third kappa shape index (κ3) is 3.73. The lowest BCUT2D eigenvalue weighted by Crippen LogP contribution is -2.58. The van der Waals surface area contributed by atoms with Gasteiger partial charge >= 0.3 is 16.4 Å². The molecule has 3 fully saturated rings. The summed E-state index contributed by atoms with van der Waals surface area (Å²) in [7, 11) is -7.62. The molecule has 3 amide bonds. The molecule has 3 unspecified atom stereocenters. The minimum absolute atomic E-state index is 0.0623. The number of nitrogens with two attached hydrogens (primary N) is 1. The Morgan fingerprint density at radius 3 is 2.50 bits per heavy atom. The van der Waals surface area contributed by atoms with Gasteiger partial charge in [-0.1, -0.05) is 0 Å². The summed E-state index contributed by atoms with van der Waals surface area (Å²) in [5, 5.41) is 0. The zero-order valence-corrected chi connectivity index (χ0v) is 16.6. The zero-order valence-electron chi connectivity index (χ0n) is 14.9. The number of nitrogens with zero attached hydrogens (tertiary/aromatic N) is 3.